The molecular formula is C47H37N3S. The van der Waals surface area contributed by atoms with Crippen LogP contribution < -0.4 is 4.90 Å². The number of nitrogens with zero attached hydrogens (tertiary/aromatic N) is 3. The van der Waals surface area contributed by atoms with Crippen molar-refractivity contribution in [2.75, 3.05) is 4.90 Å². The van der Waals surface area contributed by atoms with Gasteiger partial charge in [-0.3, -0.25) is 4.99 Å². The average molecular weight is 676 g/mol. The van der Waals surface area contributed by atoms with E-state index in [1.54, 1.807) is 11.1 Å². The number of para-hydroxylation sites is 1. The topological polar surface area (TPSA) is 18.8 Å². The monoisotopic (exact) mass is 675 g/mol. The van der Waals surface area contributed by atoms with Crippen molar-refractivity contribution in [3.8, 4) is 11.1 Å². The smallest absolute Gasteiger partial charge is 0.106 e. The van der Waals surface area contributed by atoms with Gasteiger partial charge in [0, 0.05) is 58.1 Å². The van der Waals surface area contributed by atoms with Gasteiger partial charge in [-0.05, 0) is 74.4 Å². The first-order chi connectivity index (χ1) is 25.1. The van der Waals surface area contributed by atoms with Gasteiger partial charge in [-0.2, -0.15) is 0 Å². The molecule has 1 saturated carbocycles. The molecule has 4 aliphatic carbocycles. The first-order valence-corrected chi connectivity index (χ1v) is 19.3. The summed E-state index contributed by atoms with van der Waals surface area (Å²) in [7, 11) is 0. The number of aliphatic imine (C=N–C) groups is 1. The molecule has 3 nitrogen and oxygen atoms in total. The Bertz CT molecular complexity index is 2440. The van der Waals surface area contributed by atoms with E-state index in [2.05, 4.69) is 170 Å². The molecule has 4 heteroatoms. The summed E-state index contributed by atoms with van der Waals surface area (Å²) < 4.78 is 0. The van der Waals surface area contributed by atoms with Crippen LogP contribution in [0.25, 0.3) is 16.7 Å². The van der Waals surface area contributed by atoms with Gasteiger partial charge in [0.05, 0.1) is 17.4 Å². The largest absolute Gasteiger partial charge is 0.350 e. The Kier molecular flexibility index (Phi) is 5.64. The van der Waals surface area contributed by atoms with E-state index in [-0.39, 0.29) is 28.7 Å². The first kappa shape index (κ1) is 28.6. The Labute approximate surface area is 303 Å². The molecule has 4 unspecified atom stereocenters. The number of benzene rings is 4. The highest BCUT2D eigenvalue weighted by Crippen LogP contribution is 2.70. The molecule has 0 N–H and O–H groups in total. The minimum Gasteiger partial charge on any atom is -0.350 e. The number of fused-ring (bicyclic) bond motifs is 16. The first-order valence-electron chi connectivity index (χ1n) is 18.5. The second-order valence-corrected chi connectivity index (χ2v) is 16.9. The zero-order valence-electron chi connectivity index (χ0n) is 28.6. The Morgan fingerprint density at radius 3 is 2.53 bits per heavy atom. The summed E-state index contributed by atoms with van der Waals surface area (Å²) in [6, 6.07) is 37.0. The molecule has 8 aliphatic rings. The third kappa shape index (κ3) is 3.79. The predicted molar refractivity (Wildman–Crippen MR) is 209 cm³/mol. The predicted octanol–water partition coefficient (Wildman–Crippen LogP) is 10.6. The third-order valence-corrected chi connectivity index (χ3v) is 14.3. The molecule has 4 heterocycles. The SMILES string of the molecule is CC1(C)C2=CC3C4=CN=C5C=CC=C[C@@H]5N4C=C([C@H]4C5c6ccc(-c7ccccc7)cc6C6Sc7ccccc7N6C54)[C@@H]3C=C2c2ccccc21. The standard InChI is InChI=1S/C47H37N3S/c1-47(2)36-15-7-6-14-29(36)32-23-31-33(24-37(32)47)41-25-48-38-16-8-9-17-39(38)49(41)26-35(31)44-43-30-21-20-28(27-12-4-3-5-13-27)22-34(30)46-50(45(43)44)40-18-10-11-19-42(40)51-46/h3-26,31,33,39,43-46H,1-2H3/t31-,33?,39+,43?,44+,45?,46?/m1/s1. The molecule has 0 saturated heterocycles. The molecule has 0 bridgehead atoms. The summed E-state index contributed by atoms with van der Waals surface area (Å²) >= 11 is 2.04. The molecule has 4 aromatic carbocycles. The summed E-state index contributed by atoms with van der Waals surface area (Å²) in [5, 5.41) is 0.279. The lowest BCUT2D eigenvalue weighted by Gasteiger charge is -2.46. The molecule has 12 rings (SSSR count). The second-order valence-electron chi connectivity index (χ2n) is 15.8. The maximum Gasteiger partial charge on any atom is 0.106 e. The van der Waals surface area contributed by atoms with Crippen LogP contribution in [0.2, 0.25) is 0 Å². The van der Waals surface area contributed by atoms with E-state index in [1.807, 2.05) is 11.8 Å². The molecule has 7 atom stereocenters. The van der Waals surface area contributed by atoms with Crippen molar-refractivity contribution in [3.05, 3.63) is 185 Å². The average Bonchev–Trinajstić information content (AvgIpc) is 3.72. The molecule has 0 amide bonds. The van der Waals surface area contributed by atoms with E-state index < -0.39 is 0 Å². The van der Waals surface area contributed by atoms with Crippen molar-refractivity contribution < 1.29 is 0 Å². The lowest BCUT2D eigenvalue weighted by atomic mass is 9.69. The van der Waals surface area contributed by atoms with Gasteiger partial charge < -0.3 is 9.80 Å². The molecule has 246 valence electrons. The molecule has 0 aromatic heterocycles. The highest BCUT2D eigenvalue weighted by atomic mass is 32.2. The lowest BCUT2D eigenvalue weighted by Crippen LogP contribution is -2.45. The fraction of sp³-hybridized carbons (Fsp3) is 0.213. The van der Waals surface area contributed by atoms with Crippen molar-refractivity contribution in [1.29, 1.82) is 0 Å². The Morgan fingerprint density at radius 2 is 1.61 bits per heavy atom. The van der Waals surface area contributed by atoms with Crippen LogP contribution in [0, 0.1) is 17.8 Å². The highest BCUT2D eigenvalue weighted by molar-refractivity contribution is 8.00. The Hall–Kier alpha value is -5.06. The van der Waals surface area contributed by atoms with Crippen molar-refractivity contribution >= 4 is 28.7 Å². The van der Waals surface area contributed by atoms with Crippen LogP contribution in [0.5, 0.6) is 0 Å². The van der Waals surface area contributed by atoms with Crippen molar-refractivity contribution in [2.24, 2.45) is 22.7 Å². The van der Waals surface area contributed by atoms with Gasteiger partial charge in [-0.25, -0.2) is 0 Å². The normalized spacial score (nSPS) is 30.4. The van der Waals surface area contributed by atoms with Gasteiger partial charge in [-0.15, -0.1) is 0 Å². The summed E-state index contributed by atoms with van der Waals surface area (Å²) in [6.45, 7) is 4.82. The van der Waals surface area contributed by atoms with Crippen LogP contribution in [0.1, 0.15) is 47.4 Å². The Balaban J connectivity index is 1.05. The molecule has 0 radical (unpaired) electrons. The summed E-state index contributed by atoms with van der Waals surface area (Å²) in [6.07, 6.45) is 18.9. The van der Waals surface area contributed by atoms with Crippen LogP contribution in [0.4, 0.5) is 5.69 Å². The van der Waals surface area contributed by atoms with Gasteiger partial charge in [0.2, 0.25) is 0 Å². The van der Waals surface area contributed by atoms with Crippen LogP contribution in [-0.2, 0) is 5.41 Å². The minimum absolute atomic E-state index is 0.0383. The Morgan fingerprint density at radius 1 is 0.765 bits per heavy atom. The fourth-order valence-electron chi connectivity index (χ4n) is 10.6. The molecular weight excluding hydrogens is 639 g/mol. The van der Waals surface area contributed by atoms with E-state index in [9.17, 15) is 0 Å². The second kappa shape index (κ2) is 10.0. The molecule has 51 heavy (non-hydrogen) atoms. The van der Waals surface area contributed by atoms with Crippen LogP contribution in [0.15, 0.2) is 173 Å². The van der Waals surface area contributed by atoms with Gasteiger partial charge >= 0.3 is 0 Å². The maximum absolute atomic E-state index is 5.06. The zero-order valence-corrected chi connectivity index (χ0v) is 29.5. The fourth-order valence-corrected chi connectivity index (χ4v) is 12.0. The quantitative estimate of drug-likeness (QED) is 0.211. The van der Waals surface area contributed by atoms with E-state index in [0.29, 0.717) is 17.9 Å². The molecule has 4 aliphatic heterocycles. The zero-order chi connectivity index (χ0) is 33.6. The van der Waals surface area contributed by atoms with Gasteiger partial charge in [0.25, 0.3) is 0 Å². The minimum atomic E-state index is -0.0383. The van der Waals surface area contributed by atoms with Gasteiger partial charge in [0.1, 0.15) is 5.37 Å². The van der Waals surface area contributed by atoms with Crippen molar-refractivity contribution in [2.45, 2.75) is 47.5 Å². The number of thioether (sulfide) groups is 1. The van der Waals surface area contributed by atoms with E-state index in [4.69, 9.17) is 4.99 Å². The van der Waals surface area contributed by atoms with Crippen LogP contribution in [-0.4, -0.2) is 22.7 Å². The summed E-state index contributed by atoms with van der Waals surface area (Å²) in [4.78, 5) is 11.9. The number of hydrogen-bond donors (Lipinski definition) is 0. The molecule has 4 aromatic rings. The third-order valence-electron chi connectivity index (χ3n) is 13.0. The van der Waals surface area contributed by atoms with Gasteiger partial charge in [0.15, 0.2) is 0 Å². The van der Waals surface area contributed by atoms with E-state index in [1.165, 1.54) is 55.2 Å². The van der Waals surface area contributed by atoms with Crippen molar-refractivity contribution in [3.63, 3.8) is 0 Å². The number of anilines is 1. The molecule has 0 spiro atoms. The summed E-state index contributed by atoms with van der Waals surface area (Å²) in [5.41, 5.74) is 16.8. The number of allylic oxidation sites excluding steroid dienone is 6. The number of rotatable bonds is 2. The van der Waals surface area contributed by atoms with Gasteiger partial charge in [-0.1, -0.05) is 135 Å². The van der Waals surface area contributed by atoms with E-state index in [0.717, 1.165) is 5.71 Å². The van der Waals surface area contributed by atoms with Crippen LogP contribution >= 0.6 is 11.8 Å². The summed E-state index contributed by atoms with van der Waals surface area (Å²) in [5.74, 6) is 1.38. The molecule has 1 fully saturated rings. The van der Waals surface area contributed by atoms with E-state index >= 15 is 0 Å². The highest BCUT2D eigenvalue weighted by Gasteiger charge is 2.64. The maximum atomic E-state index is 5.06. The van der Waals surface area contributed by atoms with Crippen molar-refractivity contribution in [1.82, 2.24) is 4.90 Å². The van der Waals surface area contributed by atoms with Crippen LogP contribution in [0.3, 0.4) is 0 Å². The lowest BCUT2D eigenvalue weighted by molar-refractivity contribution is 0.340. The number of hydrogen-bond acceptors (Lipinski definition) is 4.